The van der Waals surface area contributed by atoms with Gasteiger partial charge < -0.3 is 14.8 Å². The molecule has 0 saturated carbocycles. The number of benzene rings is 2. The molecular weight excluding hydrogens is 313 g/mol. The fraction of sp³-hybridized carbons (Fsp3) is 0.222. The van der Waals surface area contributed by atoms with Gasteiger partial charge in [-0.05, 0) is 35.9 Å². The highest BCUT2D eigenvalue weighted by Crippen LogP contribution is 2.20. The molecule has 0 saturated heterocycles. The Morgan fingerprint density at radius 3 is 2.46 bits per heavy atom. The molecule has 2 aromatic carbocycles. The molecule has 0 spiro atoms. The summed E-state index contributed by atoms with van der Waals surface area (Å²) in [5, 5.41) is 2.65. The van der Waals surface area contributed by atoms with Crippen LogP contribution in [0, 0.1) is 5.82 Å². The van der Waals surface area contributed by atoms with E-state index in [1.54, 1.807) is 24.3 Å². The number of rotatable bonds is 6. The minimum atomic E-state index is -0.436. The van der Waals surface area contributed by atoms with Crippen molar-refractivity contribution >= 4 is 17.6 Å². The molecule has 0 aliphatic heterocycles. The van der Waals surface area contributed by atoms with Gasteiger partial charge in [0.2, 0.25) is 5.91 Å². The van der Waals surface area contributed by atoms with Gasteiger partial charge in [-0.3, -0.25) is 9.59 Å². The molecule has 5 nitrogen and oxygen atoms in total. The maximum atomic E-state index is 13.3. The lowest BCUT2D eigenvalue weighted by Crippen LogP contribution is -2.09. The van der Waals surface area contributed by atoms with Crippen LogP contribution in [0.3, 0.4) is 0 Å². The van der Waals surface area contributed by atoms with Crippen LogP contribution in [0.2, 0.25) is 0 Å². The lowest BCUT2D eigenvalue weighted by atomic mass is 10.1. The molecule has 0 bridgehead atoms. The van der Waals surface area contributed by atoms with Gasteiger partial charge in [0.05, 0.1) is 13.5 Å². The Bertz CT molecular complexity index is 728. The van der Waals surface area contributed by atoms with Crippen molar-refractivity contribution in [3.63, 3.8) is 0 Å². The van der Waals surface area contributed by atoms with E-state index in [1.165, 1.54) is 32.2 Å². The van der Waals surface area contributed by atoms with E-state index in [4.69, 9.17) is 9.47 Å². The summed E-state index contributed by atoms with van der Waals surface area (Å²) in [6.07, 6.45) is 0.0813. The van der Waals surface area contributed by atoms with E-state index in [-0.39, 0.29) is 18.9 Å². The zero-order valence-corrected chi connectivity index (χ0v) is 13.5. The van der Waals surface area contributed by atoms with Gasteiger partial charge >= 0.3 is 5.97 Å². The van der Waals surface area contributed by atoms with E-state index in [9.17, 15) is 14.0 Å². The molecule has 0 aliphatic carbocycles. The molecule has 2 rings (SSSR count). The molecule has 0 heterocycles. The fourth-order valence-electron chi connectivity index (χ4n) is 2.15. The summed E-state index contributed by atoms with van der Waals surface area (Å²) in [6.45, 7) is 1.36. The lowest BCUT2D eigenvalue weighted by molar-refractivity contribution is -0.144. The largest absolute Gasteiger partial charge is 0.496 e. The van der Waals surface area contributed by atoms with Crippen LogP contribution in [0.15, 0.2) is 42.5 Å². The van der Waals surface area contributed by atoms with E-state index in [0.717, 1.165) is 5.56 Å². The Kier molecular flexibility index (Phi) is 5.89. The van der Waals surface area contributed by atoms with Crippen molar-refractivity contribution in [3.05, 3.63) is 59.4 Å². The topological polar surface area (TPSA) is 64.6 Å². The van der Waals surface area contributed by atoms with Gasteiger partial charge in [0, 0.05) is 18.2 Å². The molecule has 2 aromatic rings. The van der Waals surface area contributed by atoms with Crippen LogP contribution >= 0.6 is 0 Å². The maximum absolute atomic E-state index is 13.3. The molecule has 0 fully saturated rings. The average molecular weight is 331 g/mol. The van der Waals surface area contributed by atoms with Gasteiger partial charge in [0.15, 0.2) is 0 Å². The predicted octanol–water partition coefficient (Wildman–Crippen LogP) is 3.08. The third kappa shape index (κ3) is 5.08. The molecule has 1 amide bonds. The van der Waals surface area contributed by atoms with E-state index < -0.39 is 11.8 Å². The fourth-order valence-corrected chi connectivity index (χ4v) is 2.15. The van der Waals surface area contributed by atoms with Gasteiger partial charge in [-0.1, -0.05) is 12.1 Å². The monoisotopic (exact) mass is 331 g/mol. The Hall–Kier alpha value is -2.89. The minimum Gasteiger partial charge on any atom is -0.496 e. The molecule has 0 unspecified atom stereocenters. The number of carbonyl (C=O) groups excluding carboxylic acids is 2. The van der Waals surface area contributed by atoms with Crippen molar-refractivity contribution in [1.29, 1.82) is 0 Å². The van der Waals surface area contributed by atoms with E-state index in [2.05, 4.69) is 5.32 Å². The van der Waals surface area contributed by atoms with Gasteiger partial charge in [0.1, 0.15) is 18.2 Å². The minimum absolute atomic E-state index is 0.0657. The first-order valence-corrected chi connectivity index (χ1v) is 7.32. The van der Waals surface area contributed by atoms with Crippen molar-refractivity contribution in [2.75, 3.05) is 12.4 Å². The Morgan fingerprint density at radius 1 is 1.12 bits per heavy atom. The van der Waals surface area contributed by atoms with Crippen LogP contribution in [0.25, 0.3) is 0 Å². The number of nitrogens with one attached hydrogen (secondary N) is 1. The lowest BCUT2D eigenvalue weighted by Gasteiger charge is -2.10. The van der Waals surface area contributed by atoms with Crippen molar-refractivity contribution in [1.82, 2.24) is 0 Å². The summed E-state index contributed by atoms with van der Waals surface area (Å²) in [5.41, 5.74) is 1.87. The number of hydrogen-bond acceptors (Lipinski definition) is 4. The summed E-state index contributed by atoms with van der Waals surface area (Å²) in [7, 11) is 1.47. The van der Waals surface area contributed by atoms with Crippen LogP contribution in [0.5, 0.6) is 5.75 Å². The third-order valence-electron chi connectivity index (χ3n) is 3.25. The molecular formula is C18H18FNO4. The van der Waals surface area contributed by atoms with Crippen LogP contribution < -0.4 is 10.1 Å². The van der Waals surface area contributed by atoms with Crippen molar-refractivity contribution in [2.45, 2.75) is 20.0 Å². The van der Waals surface area contributed by atoms with Crippen molar-refractivity contribution in [3.8, 4) is 5.75 Å². The maximum Gasteiger partial charge on any atom is 0.310 e. The summed E-state index contributed by atoms with van der Waals surface area (Å²) in [4.78, 5) is 22.9. The normalized spacial score (nSPS) is 10.1. The second-order valence-corrected chi connectivity index (χ2v) is 5.17. The Balaban J connectivity index is 1.91. The Labute approximate surface area is 139 Å². The highest BCUT2D eigenvalue weighted by molar-refractivity contribution is 5.88. The molecule has 0 aliphatic rings. The van der Waals surface area contributed by atoms with Crippen LogP contribution in [0.1, 0.15) is 18.1 Å². The van der Waals surface area contributed by atoms with E-state index >= 15 is 0 Å². The van der Waals surface area contributed by atoms with Crippen molar-refractivity contribution in [2.24, 2.45) is 0 Å². The molecule has 0 atom stereocenters. The molecule has 126 valence electrons. The van der Waals surface area contributed by atoms with Crippen LogP contribution in [-0.2, 0) is 27.4 Å². The van der Waals surface area contributed by atoms with E-state index in [0.29, 0.717) is 17.0 Å². The Morgan fingerprint density at radius 2 is 1.83 bits per heavy atom. The van der Waals surface area contributed by atoms with Gasteiger partial charge in [-0.15, -0.1) is 0 Å². The summed E-state index contributed by atoms with van der Waals surface area (Å²) in [5.74, 6) is -0.556. The SMILES string of the molecule is COc1ccc(F)cc1COC(=O)Cc1ccc(NC(C)=O)cc1. The number of esters is 1. The van der Waals surface area contributed by atoms with Crippen LogP contribution in [-0.4, -0.2) is 19.0 Å². The molecule has 0 aromatic heterocycles. The third-order valence-corrected chi connectivity index (χ3v) is 3.25. The van der Waals surface area contributed by atoms with Gasteiger partial charge in [-0.25, -0.2) is 4.39 Å². The summed E-state index contributed by atoms with van der Waals surface area (Å²) in [6, 6.07) is 10.9. The summed E-state index contributed by atoms with van der Waals surface area (Å²) < 4.78 is 23.5. The molecule has 6 heteroatoms. The standard InChI is InChI=1S/C18H18FNO4/c1-12(21)20-16-6-3-13(4-7-16)9-18(22)24-11-14-10-15(19)5-8-17(14)23-2/h3-8,10H,9,11H2,1-2H3,(H,20,21). The molecule has 0 radical (unpaired) electrons. The first kappa shape index (κ1) is 17.5. The number of carbonyl (C=O) groups is 2. The van der Waals surface area contributed by atoms with Crippen molar-refractivity contribution < 1.29 is 23.5 Å². The number of amides is 1. The number of halogens is 1. The molecule has 24 heavy (non-hydrogen) atoms. The number of ether oxygens (including phenoxy) is 2. The van der Waals surface area contributed by atoms with Crippen LogP contribution in [0.4, 0.5) is 10.1 Å². The van der Waals surface area contributed by atoms with E-state index in [1.807, 2.05) is 0 Å². The predicted molar refractivity (Wildman–Crippen MR) is 87.2 cm³/mol. The zero-order chi connectivity index (χ0) is 17.5. The summed E-state index contributed by atoms with van der Waals surface area (Å²) >= 11 is 0. The first-order valence-electron chi connectivity index (χ1n) is 7.32. The quantitative estimate of drug-likeness (QED) is 0.826. The first-order chi connectivity index (χ1) is 11.5. The zero-order valence-electron chi connectivity index (χ0n) is 13.5. The second kappa shape index (κ2) is 8.10. The van der Waals surface area contributed by atoms with Gasteiger partial charge in [0.25, 0.3) is 0 Å². The van der Waals surface area contributed by atoms with Gasteiger partial charge in [-0.2, -0.15) is 0 Å². The average Bonchev–Trinajstić information content (AvgIpc) is 2.54. The smallest absolute Gasteiger partial charge is 0.310 e. The molecule has 1 N–H and O–H groups in total. The second-order valence-electron chi connectivity index (χ2n) is 5.17. The highest BCUT2D eigenvalue weighted by atomic mass is 19.1. The highest BCUT2D eigenvalue weighted by Gasteiger charge is 2.09. The number of methoxy groups -OCH3 is 1. The number of anilines is 1. The number of hydrogen-bond donors (Lipinski definition) is 1.